The minimum atomic E-state index is -4.08. The molecule has 0 unspecified atom stereocenters. The maximum Gasteiger partial charge on any atom is 0.389 e. The van der Waals surface area contributed by atoms with Crippen LogP contribution in [-0.4, -0.2) is 31.2 Å². The first-order valence-electron chi connectivity index (χ1n) is 9.35. The van der Waals surface area contributed by atoms with Crippen molar-refractivity contribution in [1.82, 2.24) is 16.0 Å². The summed E-state index contributed by atoms with van der Waals surface area (Å²) >= 11 is 0. The lowest BCUT2D eigenvalue weighted by Crippen LogP contribution is -3.06. The summed E-state index contributed by atoms with van der Waals surface area (Å²) in [4.78, 5) is 0. The number of hydrogen-bond donors (Lipinski definition) is 5. The van der Waals surface area contributed by atoms with Gasteiger partial charge in [0.05, 0.1) is 0 Å². The Morgan fingerprint density at radius 3 is 2.04 bits per heavy atom. The molecule has 138 valence electrons. The monoisotopic (exact) mass is 355 g/mol. The molecule has 6 rings (SSSR count). The number of nitrogens with one attached hydrogen (secondary N) is 5. The second kappa shape index (κ2) is 4.82. The summed E-state index contributed by atoms with van der Waals surface area (Å²) in [6.07, 6.45) is -3.64. The van der Waals surface area contributed by atoms with Gasteiger partial charge in [-0.15, -0.1) is 0 Å². The quantitative estimate of drug-likeness (QED) is 0.276. The molecule has 0 heterocycles. The van der Waals surface area contributed by atoms with E-state index in [-0.39, 0.29) is 18.3 Å². The number of alkyl halides is 3. The van der Waals surface area contributed by atoms with Gasteiger partial charge in [0.1, 0.15) is 0 Å². The van der Waals surface area contributed by atoms with Gasteiger partial charge in [-0.25, -0.2) is 0 Å². The first-order valence-corrected chi connectivity index (χ1v) is 9.35. The SMILES string of the molecule is N=C(NCCCCCC(F)(F)F)NC(=N)NCC12C3C4C5C3C1C5C42. The highest BCUT2D eigenvalue weighted by Crippen LogP contribution is 3.05. The molecule has 8 heteroatoms. The third-order valence-corrected chi connectivity index (χ3v) is 7.94. The molecular formula is C17H24F3N5. The van der Waals surface area contributed by atoms with Crippen LogP contribution in [0.4, 0.5) is 13.2 Å². The van der Waals surface area contributed by atoms with Crippen LogP contribution in [0.1, 0.15) is 25.7 Å². The number of unbranched alkanes of at least 4 members (excludes halogenated alkanes) is 2. The minimum absolute atomic E-state index is 0.0302. The largest absolute Gasteiger partial charge is 0.389 e. The molecule has 0 bridgehead atoms. The first-order chi connectivity index (χ1) is 11.9. The molecule has 0 aromatic rings. The molecule has 0 saturated heterocycles. The van der Waals surface area contributed by atoms with E-state index in [0.717, 1.165) is 48.0 Å². The van der Waals surface area contributed by atoms with Crippen molar-refractivity contribution in [3.8, 4) is 0 Å². The lowest BCUT2D eigenvalue weighted by Gasteiger charge is -3.08. The normalized spacial score (nSPS) is 45.6. The molecule has 5 nitrogen and oxygen atoms in total. The van der Waals surface area contributed by atoms with E-state index in [4.69, 9.17) is 10.8 Å². The Morgan fingerprint density at radius 2 is 1.44 bits per heavy atom. The molecule has 6 fully saturated rings. The molecule has 0 radical (unpaired) electrons. The van der Waals surface area contributed by atoms with E-state index in [1.165, 1.54) is 0 Å². The van der Waals surface area contributed by atoms with Gasteiger partial charge in [0.25, 0.3) is 0 Å². The first kappa shape index (κ1) is 15.8. The summed E-state index contributed by atoms with van der Waals surface area (Å²) in [5.74, 6) is 7.16. The third kappa shape index (κ3) is 1.81. The van der Waals surface area contributed by atoms with Crippen molar-refractivity contribution in [1.29, 1.82) is 10.8 Å². The van der Waals surface area contributed by atoms with Gasteiger partial charge in [0.15, 0.2) is 11.9 Å². The lowest BCUT2D eigenvalue weighted by molar-refractivity contribution is -0.612. The Kier molecular flexibility index (Phi) is 3.04. The maximum absolute atomic E-state index is 12.0. The van der Waals surface area contributed by atoms with Crippen LogP contribution in [0.3, 0.4) is 0 Å². The van der Waals surface area contributed by atoms with Crippen molar-refractivity contribution in [2.24, 2.45) is 46.8 Å². The highest BCUT2D eigenvalue weighted by atomic mass is 19.4. The minimum Gasteiger partial charge on any atom is -0.356 e. The van der Waals surface area contributed by atoms with Crippen molar-refractivity contribution in [3.63, 3.8) is 0 Å². The third-order valence-electron chi connectivity index (χ3n) is 7.94. The standard InChI is InChI=1S/C17H24F3N5/c18-17(19,20)4-2-1-3-5-23-14(21)25-15(22)24-6-16-11-8-7-9(11)13(16)10(7)12(8)16/h7-13H,1-6H2,(H5,21,22,23,24,25). The molecule has 6 saturated carbocycles. The van der Waals surface area contributed by atoms with Crippen LogP contribution in [0, 0.1) is 57.7 Å². The fourth-order valence-corrected chi connectivity index (χ4v) is 7.32. The van der Waals surface area contributed by atoms with Gasteiger partial charge in [-0.3, -0.25) is 16.1 Å². The van der Waals surface area contributed by atoms with E-state index in [2.05, 4.69) is 16.0 Å². The smallest absolute Gasteiger partial charge is 0.356 e. The average Bonchev–Trinajstić information content (AvgIpc) is 2.55. The number of guanidine groups is 2. The fraction of sp³-hybridized carbons (Fsp3) is 0.882. The summed E-state index contributed by atoms with van der Waals surface area (Å²) in [5.41, 5.74) is 0.497. The van der Waals surface area contributed by atoms with Crippen LogP contribution in [0.15, 0.2) is 0 Å². The molecule has 0 spiro atoms. The van der Waals surface area contributed by atoms with Gasteiger partial charge in [-0.1, -0.05) is 6.42 Å². The zero-order valence-electron chi connectivity index (χ0n) is 13.9. The van der Waals surface area contributed by atoms with Crippen LogP contribution in [-0.2, 0) is 0 Å². The molecule has 0 aliphatic heterocycles. The molecule has 0 amide bonds. The molecule has 5 N–H and O–H groups in total. The van der Waals surface area contributed by atoms with Gasteiger partial charge in [0, 0.05) is 19.5 Å². The highest BCUT2D eigenvalue weighted by Gasteiger charge is 3.03. The molecule has 6 aliphatic carbocycles. The summed E-state index contributed by atoms with van der Waals surface area (Å²) in [6.45, 7) is 1.30. The zero-order valence-corrected chi connectivity index (χ0v) is 13.9. The topological polar surface area (TPSA) is 83.8 Å². The molecule has 0 atom stereocenters. The fourth-order valence-electron chi connectivity index (χ4n) is 7.32. The molecular weight excluding hydrogens is 331 g/mol. The Labute approximate surface area is 144 Å². The van der Waals surface area contributed by atoms with Crippen molar-refractivity contribution in [2.75, 3.05) is 13.1 Å². The molecule has 0 aromatic carbocycles. The summed E-state index contributed by atoms with van der Waals surface area (Å²) in [5, 5.41) is 24.3. The van der Waals surface area contributed by atoms with Gasteiger partial charge in [-0.05, 0) is 59.7 Å². The number of rotatable bonds is 7. The van der Waals surface area contributed by atoms with E-state index >= 15 is 0 Å². The van der Waals surface area contributed by atoms with Gasteiger partial charge >= 0.3 is 6.18 Å². The Morgan fingerprint density at radius 1 is 0.840 bits per heavy atom. The average molecular weight is 355 g/mol. The number of halogens is 3. The molecule has 0 aromatic heterocycles. The lowest BCUT2D eigenvalue weighted by atomic mass is 8.96. The highest BCUT2D eigenvalue weighted by molar-refractivity contribution is 5.95. The van der Waals surface area contributed by atoms with E-state index in [1.54, 1.807) is 0 Å². The molecule has 25 heavy (non-hydrogen) atoms. The maximum atomic E-state index is 12.0. The summed E-state index contributed by atoms with van der Waals surface area (Å²) in [6, 6.07) is 0. The predicted molar refractivity (Wildman–Crippen MR) is 86.0 cm³/mol. The number of hydrogen-bond acceptors (Lipinski definition) is 2. The Balaban J connectivity index is 0.940. The second-order valence-corrected chi connectivity index (χ2v) is 8.58. The van der Waals surface area contributed by atoms with Crippen LogP contribution >= 0.6 is 0 Å². The van der Waals surface area contributed by atoms with Crippen molar-refractivity contribution in [2.45, 2.75) is 31.9 Å². The summed E-state index contributed by atoms with van der Waals surface area (Å²) in [7, 11) is 0. The van der Waals surface area contributed by atoms with Gasteiger partial charge < -0.3 is 10.6 Å². The van der Waals surface area contributed by atoms with Crippen LogP contribution in [0.25, 0.3) is 0 Å². The van der Waals surface area contributed by atoms with Gasteiger partial charge in [-0.2, -0.15) is 13.2 Å². The van der Waals surface area contributed by atoms with E-state index in [0.29, 0.717) is 24.8 Å². The van der Waals surface area contributed by atoms with Crippen molar-refractivity contribution < 1.29 is 13.2 Å². The zero-order chi connectivity index (χ0) is 17.6. The van der Waals surface area contributed by atoms with E-state index in [9.17, 15) is 13.2 Å². The second-order valence-electron chi connectivity index (χ2n) is 8.58. The van der Waals surface area contributed by atoms with Crippen LogP contribution < -0.4 is 16.0 Å². The van der Waals surface area contributed by atoms with E-state index in [1.807, 2.05) is 0 Å². The Bertz CT molecular complexity index is 579. The molecule has 6 aliphatic rings. The van der Waals surface area contributed by atoms with E-state index < -0.39 is 12.6 Å². The van der Waals surface area contributed by atoms with Crippen LogP contribution in [0.5, 0.6) is 0 Å². The van der Waals surface area contributed by atoms with Crippen LogP contribution in [0.2, 0.25) is 0 Å². The van der Waals surface area contributed by atoms with Crippen molar-refractivity contribution >= 4 is 11.9 Å². The summed E-state index contributed by atoms with van der Waals surface area (Å²) < 4.78 is 36.0. The van der Waals surface area contributed by atoms with Crippen molar-refractivity contribution in [3.05, 3.63) is 0 Å². The predicted octanol–water partition coefficient (Wildman–Crippen LogP) is 2.12. The Hall–Kier alpha value is -1.47. The van der Waals surface area contributed by atoms with Gasteiger partial charge in [0.2, 0.25) is 0 Å².